The highest BCUT2D eigenvalue weighted by Crippen LogP contribution is 2.31. The molecule has 19 heavy (non-hydrogen) atoms. The SMILES string of the molecule is CCCc1nnc(Cl)n1C1CCc2ccccc2C1. The molecule has 1 aromatic heterocycles. The van der Waals surface area contributed by atoms with E-state index in [2.05, 4.69) is 46.0 Å². The van der Waals surface area contributed by atoms with Gasteiger partial charge in [0.25, 0.3) is 0 Å². The molecule has 0 fully saturated rings. The van der Waals surface area contributed by atoms with E-state index in [4.69, 9.17) is 11.6 Å². The topological polar surface area (TPSA) is 30.7 Å². The Morgan fingerprint density at radius 3 is 2.84 bits per heavy atom. The number of aromatic nitrogens is 3. The Balaban J connectivity index is 1.91. The number of nitrogens with zero attached hydrogens (tertiary/aromatic N) is 3. The van der Waals surface area contributed by atoms with Crippen LogP contribution >= 0.6 is 11.6 Å². The summed E-state index contributed by atoms with van der Waals surface area (Å²) in [7, 11) is 0. The summed E-state index contributed by atoms with van der Waals surface area (Å²) >= 11 is 6.23. The van der Waals surface area contributed by atoms with Gasteiger partial charge in [0.1, 0.15) is 5.82 Å². The van der Waals surface area contributed by atoms with Crippen molar-refractivity contribution >= 4 is 11.6 Å². The maximum absolute atomic E-state index is 6.23. The Bertz CT molecular complexity index is 577. The fraction of sp³-hybridized carbons (Fsp3) is 0.467. The Hall–Kier alpha value is -1.35. The third-order valence-corrected chi connectivity index (χ3v) is 4.14. The van der Waals surface area contributed by atoms with E-state index in [-0.39, 0.29) is 0 Å². The molecule has 1 aromatic carbocycles. The molecule has 1 aliphatic rings. The van der Waals surface area contributed by atoms with Crippen LogP contribution in [0.15, 0.2) is 24.3 Å². The van der Waals surface area contributed by atoms with Crippen molar-refractivity contribution in [3.63, 3.8) is 0 Å². The lowest BCUT2D eigenvalue weighted by molar-refractivity contribution is 0.428. The first-order valence-electron chi connectivity index (χ1n) is 6.95. The molecule has 0 aliphatic heterocycles. The summed E-state index contributed by atoms with van der Waals surface area (Å²) in [5, 5.41) is 8.80. The third-order valence-electron chi connectivity index (χ3n) is 3.88. The molecule has 1 unspecified atom stereocenters. The summed E-state index contributed by atoms with van der Waals surface area (Å²) < 4.78 is 2.14. The standard InChI is InChI=1S/C15H18ClN3/c1-2-5-14-17-18-15(16)19(14)13-9-8-11-6-3-4-7-12(11)10-13/h3-4,6-7,13H,2,5,8-10H2,1H3. The molecule has 3 nitrogen and oxygen atoms in total. The normalized spacial score (nSPS) is 18.3. The summed E-state index contributed by atoms with van der Waals surface area (Å²) in [6, 6.07) is 9.08. The van der Waals surface area contributed by atoms with Crippen LogP contribution in [-0.2, 0) is 19.3 Å². The molecule has 4 heteroatoms. The second-order valence-electron chi connectivity index (χ2n) is 5.17. The molecule has 0 radical (unpaired) electrons. The first-order valence-corrected chi connectivity index (χ1v) is 7.33. The smallest absolute Gasteiger partial charge is 0.225 e. The van der Waals surface area contributed by atoms with Crippen LogP contribution in [-0.4, -0.2) is 14.8 Å². The zero-order valence-electron chi connectivity index (χ0n) is 11.1. The van der Waals surface area contributed by atoms with Gasteiger partial charge in [0.2, 0.25) is 5.28 Å². The molecule has 2 aromatic rings. The Morgan fingerprint density at radius 2 is 2.05 bits per heavy atom. The lowest BCUT2D eigenvalue weighted by Gasteiger charge is -2.27. The fourth-order valence-corrected chi connectivity index (χ4v) is 3.23. The number of aryl methyl sites for hydroxylation is 2. The Labute approximate surface area is 118 Å². The van der Waals surface area contributed by atoms with Crippen molar-refractivity contribution in [1.82, 2.24) is 14.8 Å². The minimum atomic E-state index is 0.402. The van der Waals surface area contributed by atoms with Gasteiger partial charge >= 0.3 is 0 Å². The highest BCUT2D eigenvalue weighted by molar-refractivity contribution is 6.28. The molecular weight excluding hydrogens is 258 g/mol. The zero-order valence-corrected chi connectivity index (χ0v) is 11.9. The number of hydrogen-bond acceptors (Lipinski definition) is 2. The van der Waals surface area contributed by atoms with Crippen LogP contribution in [0.2, 0.25) is 5.28 Å². The average molecular weight is 276 g/mol. The van der Waals surface area contributed by atoms with Crippen LogP contribution < -0.4 is 0 Å². The van der Waals surface area contributed by atoms with Crippen LogP contribution in [0.5, 0.6) is 0 Å². The largest absolute Gasteiger partial charge is 0.298 e. The molecule has 3 rings (SSSR count). The van der Waals surface area contributed by atoms with Gasteiger partial charge in [-0.2, -0.15) is 0 Å². The molecule has 0 N–H and O–H groups in total. The quantitative estimate of drug-likeness (QED) is 0.857. The number of fused-ring (bicyclic) bond motifs is 1. The van der Waals surface area contributed by atoms with E-state index in [1.54, 1.807) is 0 Å². The van der Waals surface area contributed by atoms with Gasteiger partial charge in [-0.15, -0.1) is 10.2 Å². The number of halogens is 1. The van der Waals surface area contributed by atoms with Crippen LogP contribution in [0, 0.1) is 0 Å². The Kier molecular flexibility index (Phi) is 3.56. The molecule has 1 aliphatic carbocycles. The summed E-state index contributed by atoms with van der Waals surface area (Å²) in [4.78, 5) is 0. The number of rotatable bonds is 3. The summed E-state index contributed by atoms with van der Waals surface area (Å²) in [5.41, 5.74) is 2.91. The molecule has 0 saturated heterocycles. The van der Waals surface area contributed by atoms with Crippen molar-refractivity contribution in [2.45, 2.75) is 45.1 Å². The maximum Gasteiger partial charge on any atom is 0.225 e. The summed E-state index contributed by atoms with van der Waals surface area (Å²) in [6.07, 6.45) is 5.27. The monoisotopic (exact) mass is 275 g/mol. The summed E-state index contributed by atoms with van der Waals surface area (Å²) in [5.74, 6) is 1.02. The van der Waals surface area contributed by atoms with Crippen LogP contribution in [0.25, 0.3) is 0 Å². The highest BCUT2D eigenvalue weighted by atomic mass is 35.5. The van der Waals surface area contributed by atoms with Gasteiger partial charge in [0, 0.05) is 12.5 Å². The first kappa shape index (κ1) is 12.7. The molecule has 0 amide bonds. The van der Waals surface area contributed by atoms with E-state index in [0.717, 1.165) is 37.9 Å². The second-order valence-corrected chi connectivity index (χ2v) is 5.51. The van der Waals surface area contributed by atoms with Gasteiger partial charge < -0.3 is 0 Å². The minimum absolute atomic E-state index is 0.402. The van der Waals surface area contributed by atoms with Crippen molar-refractivity contribution in [2.75, 3.05) is 0 Å². The minimum Gasteiger partial charge on any atom is -0.298 e. The van der Waals surface area contributed by atoms with Crippen LogP contribution in [0.3, 0.4) is 0 Å². The van der Waals surface area contributed by atoms with Gasteiger partial charge in [0.05, 0.1) is 0 Å². The lowest BCUT2D eigenvalue weighted by atomic mass is 9.88. The van der Waals surface area contributed by atoms with Crippen LogP contribution in [0.4, 0.5) is 0 Å². The zero-order chi connectivity index (χ0) is 13.2. The van der Waals surface area contributed by atoms with Gasteiger partial charge in [-0.05, 0) is 48.4 Å². The van der Waals surface area contributed by atoms with E-state index in [0.29, 0.717) is 11.3 Å². The molecular formula is C15H18ClN3. The number of benzene rings is 1. The van der Waals surface area contributed by atoms with Crippen molar-refractivity contribution in [2.24, 2.45) is 0 Å². The molecule has 1 heterocycles. The molecule has 0 bridgehead atoms. The molecule has 100 valence electrons. The van der Waals surface area contributed by atoms with E-state index in [1.165, 1.54) is 11.1 Å². The van der Waals surface area contributed by atoms with E-state index in [9.17, 15) is 0 Å². The molecule has 0 spiro atoms. The van der Waals surface area contributed by atoms with Crippen molar-refractivity contribution in [1.29, 1.82) is 0 Å². The van der Waals surface area contributed by atoms with Crippen molar-refractivity contribution < 1.29 is 0 Å². The predicted octanol–water partition coefficient (Wildman–Crippen LogP) is 3.61. The average Bonchev–Trinajstić information content (AvgIpc) is 2.80. The van der Waals surface area contributed by atoms with E-state index >= 15 is 0 Å². The number of hydrogen-bond donors (Lipinski definition) is 0. The van der Waals surface area contributed by atoms with Crippen LogP contribution in [0.1, 0.15) is 42.8 Å². The highest BCUT2D eigenvalue weighted by Gasteiger charge is 2.24. The van der Waals surface area contributed by atoms with Crippen molar-refractivity contribution in [3.05, 3.63) is 46.5 Å². The van der Waals surface area contributed by atoms with Gasteiger partial charge in [-0.1, -0.05) is 31.2 Å². The van der Waals surface area contributed by atoms with Crippen molar-refractivity contribution in [3.8, 4) is 0 Å². The van der Waals surface area contributed by atoms with E-state index in [1.807, 2.05) is 0 Å². The Morgan fingerprint density at radius 1 is 1.26 bits per heavy atom. The predicted molar refractivity (Wildman–Crippen MR) is 76.5 cm³/mol. The fourth-order valence-electron chi connectivity index (χ4n) is 2.96. The second kappa shape index (κ2) is 5.33. The van der Waals surface area contributed by atoms with E-state index < -0.39 is 0 Å². The molecule has 0 saturated carbocycles. The first-order chi connectivity index (χ1) is 9.29. The van der Waals surface area contributed by atoms with Gasteiger partial charge in [-0.3, -0.25) is 4.57 Å². The van der Waals surface area contributed by atoms with Gasteiger partial charge in [-0.25, -0.2) is 0 Å². The molecule has 1 atom stereocenters. The van der Waals surface area contributed by atoms with Gasteiger partial charge in [0.15, 0.2) is 0 Å². The summed E-state index contributed by atoms with van der Waals surface area (Å²) in [6.45, 7) is 2.16. The maximum atomic E-state index is 6.23. The lowest BCUT2D eigenvalue weighted by Crippen LogP contribution is -2.20. The third kappa shape index (κ3) is 2.39.